The first-order valence-corrected chi connectivity index (χ1v) is 9.25. The van der Waals surface area contributed by atoms with Crippen LogP contribution < -0.4 is 21.5 Å². The minimum Gasteiger partial charge on any atom is -0.378 e. The summed E-state index contributed by atoms with van der Waals surface area (Å²) in [6.07, 6.45) is 2.17. The molecule has 1 aliphatic heterocycles. The van der Waals surface area contributed by atoms with Crippen molar-refractivity contribution in [3.05, 3.63) is 10.4 Å². The minimum atomic E-state index is -0.656. The second-order valence-electron chi connectivity index (χ2n) is 6.43. The lowest BCUT2D eigenvalue weighted by Crippen LogP contribution is -2.42. The number of rotatable bonds is 11. The summed E-state index contributed by atoms with van der Waals surface area (Å²) in [6.45, 7) is 9.63. The number of H-pyrrole nitrogens is 1. The van der Waals surface area contributed by atoms with Crippen LogP contribution in [0.25, 0.3) is 0 Å². The molecule has 9 heteroatoms. The maximum Gasteiger partial charge on any atom is 0.277 e. The van der Waals surface area contributed by atoms with Gasteiger partial charge in [-0.15, -0.1) is 0 Å². The Morgan fingerprint density at radius 1 is 1.19 bits per heavy atom. The molecule has 148 valence electrons. The zero-order valence-corrected chi connectivity index (χ0v) is 16.1. The summed E-state index contributed by atoms with van der Waals surface area (Å²) in [5, 5.41) is 3.02. The first-order chi connectivity index (χ1) is 12.5. The van der Waals surface area contributed by atoms with Gasteiger partial charge < -0.3 is 25.3 Å². The number of hydrogen-bond acceptors (Lipinski definition) is 8. The van der Waals surface area contributed by atoms with Crippen LogP contribution in [0.1, 0.15) is 47.0 Å². The van der Waals surface area contributed by atoms with E-state index in [0.29, 0.717) is 31.4 Å². The highest BCUT2D eigenvalue weighted by atomic mass is 16.7. The molecular weight excluding hydrogens is 338 g/mol. The van der Waals surface area contributed by atoms with Crippen LogP contribution in [0.3, 0.4) is 0 Å². The summed E-state index contributed by atoms with van der Waals surface area (Å²) in [6, 6.07) is 0. The lowest BCUT2D eigenvalue weighted by molar-refractivity contribution is -0.168. The summed E-state index contributed by atoms with van der Waals surface area (Å²) in [5.41, 5.74) is 5.75. The molecule has 1 aromatic heterocycles. The first-order valence-electron chi connectivity index (χ1n) is 9.25. The van der Waals surface area contributed by atoms with Gasteiger partial charge in [-0.25, -0.2) is 0 Å². The highest BCUT2D eigenvalue weighted by Crippen LogP contribution is 2.28. The van der Waals surface area contributed by atoms with E-state index < -0.39 is 6.41 Å². The Labute approximate surface area is 154 Å². The third kappa shape index (κ3) is 5.33. The van der Waals surface area contributed by atoms with E-state index in [4.69, 9.17) is 19.9 Å². The Bertz CT molecular complexity index is 624. The van der Waals surface area contributed by atoms with Crippen LogP contribution in [0.2, 0.25) is 0 Å². The van der Waals surface area contributed by atoms with Crippen LogP contribution in [-0.4, -0.2) is 48.5 Å². The second kappa shape index (κ2) is 9.75. The smallest absolute Gasteiger partial charge is 0.277 e. The van der Waals surface area contributed by atoms with E-state index in [2.05, 4.69) is 29.1 Å². The third-order valence-electron chi connectivity index (χ3n) is 4.32. The fraction of sp³-hybridized carbons (Fsp3) is 0.765. The topological polar surface area (TPSA) is 115 Å². The number of ether oxygens (including phenoxy) is 3. The van der Waals surface area contributed by atoms with E-state index in [1.807, 2.05) is 13.8 Å². The zero-order valence-electron chi connectivity index (χ0n) is 16.1. The van der Waals surface area contributed by atoms with Gasteiger partial charge in [0.15, 0.2) is 5.82 Å². The second-order valence-corrected chi connectivity index (χ2v) is 6.43. The van der Waals surface area contributed by atoms with Gasteiger partial charge in [0.25, 0.3) is 5.56 Å². The molecular formula is C17H31N5O4. The number of nitrogens with one attached hydrogen (secondary N) is 2. The molecule has 9 nitrogen and oxygen atoms in total. The van der Waals surface area contributed by atoms with Gasteiger partial charge in [0, 0.05) is 6.61 Å². The lowest BCUT2D eigenvalue weighted by Gasteiger charge is -2.30. The van der Waals surface area contributed by atoms with Gasteiger partial charge in [-0.1, -0.05) is 13.8 Å². The number of aromatic amines is 1. The monoisotopic (exact) mass is 369 g/mol. The van der Waals surface area contributed by atoms with Crippen molar-refractivity contribution in [2.75, 3.05) is 35.8 Å². The molecule has 3 atom stereocenters. The molecule has 0 aromatic carbocycles. The molecule has 0 amide bonds. The maximum atomic E-state index is 12.0. The molecule has 0 saturated carbocycles. The highest BCUT2D eigenvalue weighted by Gasteiger charge is 2.31. The first kappa shape index (κ1) is 20.5. The van der Waals surface area contributed by atoms with Crippen LogP contribution >= 0.6 is 0 Å². The number of fused-ring (bicyclic) bond motifs is 1. The van der Waals surface area contributed by atoms with E-state index in [9.17, 15) is 4.79 Å². The van der Waals surface area contributed by atoms with Gasteiger partial charge in [-0.05, 0) is 33.1 Å². The van der Waals surface area contributed by atoms with Gasteiger partial charge >= 0.3 is 0 Å². The van der Waals surface area contributed by atoms with Gasteiger partial charge in [0.1, 0.15) is 5.69 Å². The van der Waals surface area contributed by atoms with Crippen molar-refractivity contribution >= 4 is 17.5 Å². The summed E-state index contributed by atoms with van der Waals surface area (Å²) >= 11 is 0. The lowest BCUT2D eigenvalue weighted by atomic mass is 10.3. The normalized spacial score (nSPS) is 16.8. The van der Waals surface area contributed by atoms with Crippen molar-refractivity contribution in [3.63, 3.8) is 0 Å². The molecule has 3 unspecified atom stereocenters. The predicted molar refractivity (Wildman–Crippen MR) is 101 cm³/mol. The van der Waals surface area contributed by atoms with Gasteiger partial charge in [-0.3, -0.25) is 14.7 Å². The number of aromatic nitrogens is 2. The van der Waals surface area contributed by atoms with Gasteiger partial charge in [0.2, 0.25) is 12.4 Å². The Kier molecular flexibility index (Phi) is 7.67. The molecule has 2 heterocycles. The fourth-order valence-electron chi connectivity index (χ4n) is 2.40. The molecule has 4 N–H and O–H groups in total. The number of anilines is 3. The largest absolute Gasteiger partial charge is 0.378 e. The van der Waals surface area contributed by atoms with E-state index in [0.717, 1.165) is 19.3 Å². The summed E-state index contributed by atoms with van der Waals surface area (Å²) in [5.74, 6) is 0.502. The van der Waals surface area contributed by atoms with E-state index in [-0.39, 0.29) is 23.7 Å². The van der Waals surface area contributed by atoms with Crippen molar-refractivity contribution in [1.82, 2.24) is 9.97 Å². The average Bonchev–Trinajstić information content (AvgIpc) is 3.03. The SMILES string of the molecule is CCC(C)OCCCOC(OC(C)CC)N1CNc2c1nc(N)[nH]c2=O. The van der Waals surface area contributed by atoms with Gasteiger partial charge in [-0.2, -0.15) is 4.98 Å². The number of nitrogens with two attached hydrogens (primary N) is 1. The predicted octanol–water partition coefficient (Wildman–Crippen LogP) is 1.86. The van der Waals surface area contributed by atoms with Crippen molar-refractivity contribution < 1.29 is 14.2 Å². The summed E-state index contributed by atoms with van der Waals surface area (Å²) in [7, 11) is 0. The molecule has 1 aromatic rings. The maximum absolute atomic E-state index is 12.0. The molecule has 0 saturated heterocycles. The van der Waals surface area contributed by atoms with Crippen molar-refractivity contribution in [1.29, 1.82) is 0 Å². The molecule has 2 rings (SSSR count). The molecule has 0 fully saturated rings. The van der Waals surface area contributed by atoms with Crippen LogP contribution in [0.15, 0.2) is 4.79 Å². The Morgan fingerprint density at radius 3 is 2.58 bits per heavy atom. The summed E-state index contributed by atoms with van der Waals surface area (Å²) in [4.78, 5) is 20.5. The number of nitrogen functional groups attached to an aromatic ring is 1. The number of hydrogen-bond donors (Lipinski definition) is 3. The molecule has 26 heavy (non-hydrogen) atoms. The van der Waals surface area contributed by atoms with Crippen LogP contribution in [0.4, 0.5) is 17.5 Å². The Morgan fingerprint density at radius 2 is 1.88 bits per heavy atom. The minimum absolute atomic E-state index is 0.000225. The molecule has 0 spiro atoms. The molecule has 0 bridgehead atoms. The van der Waals surface area contributed by atoms with Crippen LogP contribution in [-0.2, 0) is 14.2 Å². The van der Waals surface area contributed by atoms with Gasteiger partial charge in [0.05, 0.1) is 25.5 Å². The van der Waals surface area contributed by atoms with Crippen molar-refractivity contribution in [2.45, 2.75) is 65.6 Å². The van der Waals surface area contributed by atoms with Crippen LogP contribution in [0.5, 0.6) is 0 Å². The van der Waals surface area contributed by atoms with E-state index >= 15 is 0 Å². The number of nitrogens with zero attached hydrogens (tertiary/aromatic N) is 2. The molecule has 1 aliphatic rings. The van der Waals surface area contributed by atoms with Crippen molar-refractivity contribution in [3.8, 4) is 0 Å². The Balaban J connectivity index is 2.01. The standard InChI is InChI=1S/C17H31N5O4/c1-5-11(3)24-8-7-9-25-17(26-12(4)6-2)22-10-19-13-14(22)20-16(18)21-15(13)23/h11-12,17,19H,5-10H2,1-4H3,(H3,18,20,21,23). The fourth-order valence-corrected chi connectivity index (χ4v) is 2.40. The third-order valence-corrected chi connectivity index (χ3v) is 4.32. The molecule has 0 radical (unpaired) electrons. The van der Waals surface area contributed by atoms with Crippen LogP contribution in [0, 0.1) is 0 Å². The summed E-state index contributed by atoms with van der Waals surface area (Å²) < 4.78 is 17.6. The van der Waals surface area contributed by atoms with Crippen molar-refractivity contribution in [2.24, 2.45) is 0 Å². The molecule has 0 aliphatic carbocycles. The average molecular weight is 369 g/mol. The quantitative estimate of drug-likeness (QED) is 0.400. The highest BCUT2D eigenvalue weighted by molar-refractivity contribution is 5.70. The zero-order chi connectivity index (χ0) is 19.1. The van der Waals surface area contributed by atoms with E-state index in [1.165, 1.54) is 0 Å². The van der Waals surface area contributed by atoms with E-state index in [1.54, 1.807) is 4.90 Å². The Hall–Kier alpha value is -1.84.